The maximum Gasteiger partial charge on any atom is 0.313 e. The topological polar surface area (TPSA) is 43.4 Å². The second kappa shape index (κ2) is 6.94. The Bertz CT molecular complexity index is 424. The van der Waals surface area contributed by atoms with E-state index in [2.05, 4.69) is 11.7 Å². The van der Waals surface area contributed by atoms with Gasteiger partial charge in [-0.1, -0.05) is 24.3 Å². The molecule has 0 aromatic heterocycles. The number of hydrogen-bond donors (Lipinski definition) is 0. The summed E-state index contributed by atoms with van der Waals surface area (Å²) in [4.78, 5) is 22.3. The molecule has 0 unspecified atom stereocenters. The molecule has 95 valence electrons. The number of methoxy groups -OCH3 is 1. The van der Waals surface area contributed by atoms with E-state index in [9.17, 15) is 9.59 Å². The number of aryl methyl sites for hydroxylation is 1. The zero-order chi connectivity index (χ0) is 13.5. The largest absolute Gasteiger partial charge is 0.469 e. The number of Topliss-reactive ketones (excluding diaryl/α,β-unsaturated/α-hetero) is 1. The molecule has 0 amide bonds. The Balaban J connectivity index is 2.75. The van der Waals surface area contributed by atoms with Crippen LogP contribution in [0.2, 0.25) is 0 Å². The fraction of sp³-hybridized carbons (Fsp3) is 0.267. The molecule has 0 saturated heterocycles. The zero-order valence-electron chi connectivity index (χ0n) is 10.7. The Labute approximate surface area is 108 Å². The van der Waals surface area contributed by atoms with Crippen LogP contribution in [0.5, 0.6) is 0 Å². The number of carbonyl (C=O) groups is 2. The second-order valence-corrected chi connectivity index (χ2v) is 4.06. The first-order chi connectivity index (χ1) is 8.54. The summed E-state index contributed by atoms with van der Waals surface area (Å²) in [6.07, 6.45) is 2.84. The van der Waals surface area contributed by atoms with E-state index in [1.54, 1.807) is 13.3 Å². The van der Waals surface area contributed by atoms with Gasteiger partial charge in [0, 0.05) is 12.8 Å². The van der Waals surface area contributed by atoms with Crippen molar-refractivity contribution in [1.82, 2.24) is 0 Å². The lowest BCUT2D eigenvalue weighted by Gasteiger charge is -2.11. The Hall–Kier alpha value is -1.64. The van der Waals surface area contributed by atoms with Gasteiger partial charge in [-0.15, -0.1) is 0 Å². The molecule has 0 heterocycles. The first-order valence-electron chi connectivity index (χ1n) is 5.74. The molecule has 0 aliphatic heterocycles. The first kappa shape index (κ1) is 14.4. The molecule has 0 aliphatic carbocycles. The Morgan fingerprint density at radius 2 is 2.00 bits per heavy atom. The van der Waals surface area contributed by atoms with Crippen molar-refractivity contribution in [3.05, 3.63) is 54.7 Å². The highest BCUT2D eigenvalue weighted by Crippen LogP contribution is 2.19. The van der Waals surface area contributed by atoms with Gasteiger partial charge in [0.25, 0.3) is 0 Å². The third-order valence-electron chi connectivity index (χ3n) is 2.58. The molecule has 0 fully saturated rings. The molecule has 3 radical (unpaired) electrons. The van der Waals surface area contributed by atoms with Crippen molar-refractivity contribution in [2.75, 3.05) is 7.11 Å². The molecule has 0 bridgehead atoms. The minimum Gasteiger partial charge on any atom is -0.469 e. The average molecular weight is 245 g/mol. The minimum absolute atomic E-state index is 0.150. The molecule has 1 aromatic carbocycles. The van der Waals surface area contributed by atoms with Crippen LogP contribution in [0.15, 0.2) is 24.3 Å². The third-order valence-corrected chi connectivity index (χ3v) is 2.58. The molecule has 3 nitrogen and oxygen atoms in total. The maximum absolute atomic E-state index is 11.3. The van der Waals surface area contributed by atoms with Crippen LogP contribution in [0.3, 0.4) is 0 Å². The molecular formula is C15H17O3. The van der Waals surface area contributed by atoms with Crippen molar-refractivity contribution in [2.24, 2.45) is 0 Å². The van der Waals surface area contributed by atoms with Crippen molar-refractivity contribution in [3.8, 4) is 0 Å². The third kappa shape index (κ3) is 4.32. The fourth-order valence-electron chi connectivity index (χ4n) is 1.59. The normalized spacial score (nSPS) is 10.4. The van der Waals surface area contributed by atoms with Crippen LogP contribution in [0.25, 0.3) is 0 Å². The molecule has 0 saturated carbocycles. The smallest absolute Gasteiger partial charge is 0.313 e. The molecule has 0 spiro atoms. The van der Waals surface area contributed by atoms with E-state index >= 15 is 0 Å². The van der Waals surface area contributed by atoms with Crippen LogP contribution in [0, 0.1) is 19.3 Å². The number of ether oxygens (including phenoxy) is 1. The summed E-state index contributed by atoms with van der Waals surface area (Å²) in [7, 11) is 1.32. The van der Waals surface area contributed by atoms with Crippen LogP contribution in [-0.4, -0.2) is 18.9 Å². The van der Waals surface area contributed by atoms with Crippen LogP contribution in [0.4, 0.5) is 0 Å². The van der Waals surface area contributed by atoms with Crippen molar-refractivity contribution < 1.29 is 14.3 Å². The molecule has 1 rings (SSSR count). The van der Waals surface area contributed by atoms with Gasteiger partial charge in [-0.2, -0.15) is 0 Å². The maximum atomic E-state index is 11.3. The Kier molecular flexibility index (Phi) is 5.56. The second-order valence-electron chi connectivity index (χ2n) is 4.06. The fourth-order valence-corrected chi connectivity index (χ4v) is 1.59. The lowest BCUT2D eigenvalue weighted by atomic mass is 9.94. The van der Waals surface area contributed by atoms with Crippen molar-refractivity contribution in [3.63, 3.8) is 0 Å². The number of esters is 1. The summed E-state index contributed by atoms with van der Waals surface area (Å²) in [5.74, 6) is 0.000688. The standard InChI is InChI=1S/C15H17O3/c1-11(15(17)18-3)10-14-7-5-4-6-13(14)9-8-12(2)16/h4-7,10H,1,8-9H2,2-3H3. The van der Waals surface area contributed by atoms with Crippen LogP contribution >= 0.6 is 0 Å². The van der Waals surface area contributed by atoms with Gasteiger partial charge in [0.2, 0.25) is 0 Å². The van der Waals surface area contributed by atoms with Gasteiger partial charge in [-0.25, -0.2) is 0 Å². The first-order valence-corrected chi connectivity index (χ1v) is 5.74. The molecule has 18 heavy (non-hydrogen) atoms. The summed E-state index contributed by atoms with van der Waals surface area (Å²) >= 11 is 0. The SMILES string of the molecule is [CH2][C]([CH]c1ccccc1CCC(C)=O)C(=O)OC. The van der Waals surface area contributed by atoms with E-state index in [0.717, 1.165) is 11.1 Å². The van der Waals surface area contributed by atoms with Gasteiger partial charge in [0.15, 0.2) is 0 Å². The molecule has 3 heteroatoms. The lowest BCUT2D eigenvalue weighted by molar-refractivity contribution is -0.137. The highest BCUT2D eigenvalue weighted by Gasteiger charge is 2.16. The van der Waals surface area contributed by atoms with Gasteiger partial charge in [0.1, 0.15) is 5.78 Å². The Morgan fingerprint density at radius 1 is 1.33 bits per heavy atom. The highest BCUT2D eigenvalue weighted by molar-refractivity contribution is 5.88. The molecule has 0 N–H and O–H groups in total. The lowest BCUT2D eigenvalue weighted by Crippen LogP contribution is -2.12. The van der Waals surface area contributed by atoms with Gasteiger partial charge >= 0.3 is 5.97 Å². The van der Waals surface area contributed by atoms with Crippen molar-refractivity contribution >= 4 is 11.8 Å². The summed E-state index contributed by atoms with van der Waals surface area (Å²) in [6, 6.07) is 7.63. The number of ketones is 1. The van der Waals surface area contributed by atoms with E-state index in [4.69, 9.17) is 0 Å². The molecule has 0 atom stereocenters. The minimum atomic E-state index is -0.448. The van der Waals surface area contributed by atoms with E-state index in [0.29, 0.717) is 18.8 Å². The summed E-state index contributed by atoms with van der Waals surface area (Å²) < 4.78 is 4.60. The van der Waals surface area contributed by atoms with Gasteiger partial charge < -0.3 is 9.53 Å². The predicted octanol–water partition coefficient (Wildman–Crippen LogP) is 2.34. The van der Waals surface area contributed by atoms with Crippen LogP contribution in [-0.2, 0) is 20.7 Å². The number of hydrogen-bond acceptors (Lipinski definition) is 3. The number of benzene rings is 1. The monoisotopic (exact) mass is 245 g/mol. The van der Waals surface area contributed by atoms with E-state index in [1.807, 2.05) is 24.3 Å². The quantitative estimate of drug-likeness (QED) is 0.722. The van der Waals surface area contributed by atoms with E-state index in [1.165, 1.54) is 7.11 Å². The van der Waals surface area contributed by atoms with Gasteiger partial charge in [-0.05, 0) is 31.4 Å². The summed E-state index contributed by atoms with van der Waals surface area (Å²) in [6.45, 7) is 5.23. The van der Waals surface area contributed by atoms with Crippen LogP contribution < -0.4 is 0 Å². The summed E-state index contributed by atoms with van der Waals surface area (Å²) in [5, 5.41) is 0. The predicted molar refractivity (Wildman–Crippen MR) is 69.5 cm³/mol. The molecular weight excluding hydrogens is 228 g/mol. The summed E-state index contributed by atoms with van der Waals surface area (Å²) in [5.41, 5.74) is 1.92. The van der Waals surface area contributed by atoms with E-state index in [-0.39, 0.29) is 5.78 Å². The molecule has 0 aliphatic rings. The van der Waals surface area contributed by atoms with E-state index < -0.39 is 5.97 Å². The van der Waals surface area contributed by atoms with Crippen molar-refractivity contribution in [2.45, 2.75) is 19.8 Å². The Morgan fingerprint density at radius 3 is 2.61 bits per heavy atom. The van der Waals surface area contributed by atoms with Crippen LogP contribution in [0.1, 0.15) is 24.5 Å². The number of rotatable bonds is 6. The average Bonchev–Trinajstić information content (AvgIpc) is 2.36. The van der Waals surface area contributed by atoms with Gasteiger partial charge in [-0.3, -0.25) is 4.79 Å². The van der Waals surface area contributed by atoms with Crippen molar-refractivity contribution in [1.29, 1.82) is 0 Å². The molecule has 1 aromatic rings. The zero-order valence-corrected chi connectivity index (χ0v) is 10.7. The highest BCUT2D eigenvalue weighted by atomic mass is 16.5. The number of carbonyl (C=O) groups excluding carboxylic acids is 2. The van der Waals surface area contributed by atoms with Gasteiger partial charge in [0.05, 0.1) is 13.0 Å².